The van der Waals surface area contributed by atoms with Gasteiger partial charge < -0.3 is 19.9 Å². The molecule has 1 unspecified atom stereocenters. The van der Waals surface area contributed by atoms with Crippen molar-refractivity contribution in [3.63, 3.8) is 0 Å². The number of nitrogens with one attached hydrogen (secondary N) is 1. The van der Waals surface area contributed by atoms with Gasteiger partial charge in [0.15, 0.2) is 9.84 Å². The molecule has 0 aliphatic heterocycles. The molecule has 226 valence electrons. The molecule has 0 aliphatic carbocycles. The van der Waals surface area contributed by atoms with Crippen molar-refractivity contribution in [2.24, 2.45) is 0 Å². The van der Waals surface area contributed by atoms with Crippen molar-refractivity contribution < 1.29 is 32.6 Å². The zero-order chi connectivity index (χ0) is 31.1. The molecular weight excluding hydrogens is 624 g/mol. The predicted molar refractivity (Wildman–Crippen MR) is 168 cm³/mol. The van der Waals surface area contributed by atoms with E-state index >= 15 is 0 Å². The smallest absolute Gasteiger partial charge is 0.366 e. The third-order valence-electron chi connectivity index (χ3n) is 6.54. The molecule has 44 heavy (non-hydrogen) atoms. The van der Waals surface area contributed by atoms with Crippen LogP contribution in [0.15, 0.2) is 102 Å². The third-order valence-corrected chi connectivity index (χ3v) is 9.56. The van der Waals surface area contributed by atoms with E-state index in [1.807, 2.05) is 24.3 Å². The van der Waals surface area contributed by atoms with E-state index in [9.17, 15) is 23.1 Å². The van der Waals surface area contributed by atoms with Gasteiger partial charge >= 0.3 is 5.97 Å². The number of benzene rings is 4. The third kappa shape index (κ3) is 8.13. The monoisotopic (exact) mass is 650 g/mol. The van der Waals surface area contributed by atoms with Crippen molar-refractivity contribution in [1.29, 1.82) is 0 Å². The van der Waals surface area contributed by atoms with Crippen LogP contribution in [0.3, 0.4) is 0 Å². The summed E-state index contributed by atoms with van der Waals surface area (Å²) in [5, 5.41) is 13.1. The number of thiazole rings is 1. The van der Waals surface area contributed by atoms with Gasteiger partial charge in [-0.1, -0.05) is 59.3 Å². The number of nitrogens with zero attached hydrogens (tertiary/aromatic N) is 1. The van der Waals surface area contributed by atoms with Crippen LogP contribution in [0.5, 0.6) is 10.9 Å². The molecule has 1 heterocycles. The number of para-hydroxylation sites is 1. The molecular formula is C32H27ClN2O7S2. The van der Waals surface area contributed by atoms with Crippen molar-refractivity contribution in [2.75, 3.05) is 5.75 Å². The molecule has 1 amide bonds. The van der Waals surface area contributed by atoms with Crippen LogP contribution in [-0.2, 0) is 27.7 Å². The Hall–Kier alpha value is -4.45. The van der Waals surface area contributed by atoms with Gasteiger partial charge in [0, 0.05) is 10.6 Å². The Morgan fingerprint density at radius 2 is 1.68 bits per heavy atom. The summed E-state index contributed by atoms with van der Waals surface area (Å²) in [6.07, 6.45) is -0.755. The predicted octanol–water partition coefficient (Wildman–Crippen LogP) is 6.15. The van der Waals surface area contributed by atoms with E-state index in [0.29, 0.717) is 28.6 Å². The van der Waals surface area contributed by atoms with Gasteiger partial charge in [0.2, 0.25) is 0 Å². The van der Waals surface area contributed by atoms with E-state index in [1.165, 1.54) is 23.5 Å². The molecule has 12 heteroatoms. The second kappa shape index (κ2) is 13.9. The average molecular weight is 651 g/mol. The minimum absolute atomic E-state index is 0.0324. The van der Waals surface area contributed by atoms with Crippen LogP contribution in [-0.4, -0.2) is 42.4 Å². The van der Waals surface area contributed by atoms with E-state index < -0.39 is 27.9 Å². The van der Waals surface area contributed by atoms with Gasteiger partial charge in [-0.3, -0.25) is 4.79 Å². The van der Waals surface area contributed by atoms with Crippen molar-refractivity contribution in [2.45, 2.75) is 30.6 Å². The van der Waals surface area contributed by atoms with Crippen molar-refractivity contribution in [1.82, 2.24) is 10.3 Å². The first kappa shape index (κ1) is 31.0. The summed E-state index contributed by atoms with van der Waals surface area (Å²) in [5.74, 6) is -1.80. The van der Waals surface area contributed by atoms with Crippen molar-refractivity contribution >= 4 is 54.9 Å². The Bertz CT molecular complexity index is 1840. The second-order valence-electron chi connectivity index (χ2n) is 9.77. The Labute approximate surface area is 263 Å². The van der Waals surface area contributed by atoms with Crippen LogP contribution in [0.4, 0.5) is 0 Å². The van der Waals surface area contributed by atoms with Gasteiger partial charge in [0.05, 0.1) is 20.9 Å². The maximum atomic E-state index is 12.9. The highest BCUT2D eigenvalue weighted by Gasteiger charge is 2.23. The number of carboxylic acids is 1. The highest BCUT2D eigenvalue weighted by Crippen LogP contribution is 2.28. The zero-order valence-corrected chi connectivity index (χ0v) is 25.6. The van der Waals surface area contributed by atoms with E-state index in [-0.39, 0.29) is 28.6 Å². The number of aliphatic carboxylic acids is 1. The van der Waals surface area contributed by atoms with Gasteiger partial charge in [0.1, 0.15) is 12.4 Å². The summed E-state index contributed by atoms with van der Waals surface area (Å²) in [7, 11) is -3.44. The van der Waals surface area contributed by atoms with Gasteiger partial charge in [-0.25, -0.2) is 18.2 Å². The van der Waals surface area contributed by atoms with Crippen LogP contribution < -0.4 is 14.8 Å². The number of aryl methyl sites for hydroxylation is 1. The molecule has 0 fully saturated rings. The van der Waals surface area contributed by atoms with E-state index in [2.05, 4.69) is 10.3 Å². The average Bonchev–Trinajstić information content (AvgIpc) is 3.44. The first-order chi connectivity index (χ1) is 21.2. The molecule has 5 rings (SSSR count). The summed E-state index contributed by atoms with van der Waals surface area (Å²) in [4.78, 5) is 29.4. The number of carboxylic acid groups (broad SMARTS) is 1. The Kier molecular flexibility index (Phi) is 9.78. The number of carbonyl (C=O) groups excluding carboxylic acids is 1. The molecule has 0 radical (unpaired) electrons. The molecule has 0 saturated heterocycles. The first-order valence-corrected chi connectivity index (χ1v) is 16.4. The molecule has 1 aromatic heterocycles. The number of aromatic nitrogens is 1. The maximum Gasteiger partial charge on any atom is 0.366 e. The fraction of sp³-hybridized carbons (Fsp3) is 0.156. The molecule has 0 aliphatic rings. The molecule has 1 atom stereocenters. The fourth-order valence-corrected chi connectivity index (χ4v) is 6.55. The highest BCUT2D eigenvalue weighted by molar-refractivity contribution is 7.91. The SMILES string of the molecule is O=C(NC(Oc1ccc(CCCS(=O)(=O)c2ccc(Cl)cc2)cc1)C(=O)O)c1cccc(COc2nc3ccccc3s2)c1. The van der Waals surface area contributed by atoms with Gasteiger partial charge in [-0.2, -0.15) is 0 Å². The molecule has 9 nitrogen and oxygen atoms in total. The number of halogens is 1. The lowest BCUT2D eigenvalue weighted by molar-refractivity contribution is -0.146. The largest absolute Gasteiger partial charge is 0.477 e. The molecule has 2 N–H and O–H groups in total. The van der Waals surface area contributed by atoms with Crippen molar-refractivity contribution in [3.05, 3.63) is 119 Å². The van der Waals surface area contributed by atoms with Crippen LogP contribution >= 0.6 is 22.9 Å². The Balaban J connectivity index is 1.14. The molecule has 5 aromatic rings. The van der Waals surface area contributed by atoms with E-state index in [0.717, 1.165) is 15.8 Å². The summed E-state index contributed by atoms with van der Waals surface area (Å²) >= 11 is 7.26. The van der Waals surface area contributed by atoms with E-state index in [1.54, 1.807) is 60.7 Å². The van der Waals surface area contributed by atoms with E-state index in [4.69, 9.17) is 21.1 Å². The number of rotatable bonds is 13. The quantitative estimate of drug-likeness (QED) is 0.145. The standard InChI is InChI=1S/C32H27ClN2O7S2/c33-24-12-16-26(17-13-24)44(39,40)18-4-6-21-10-14-25(15-11-21)42-30(31(37)38)35-29(36)23-7-3-5-22(19-23)20-41-32-34-27-8-1-2-9-28(27)43-32/h1-3,5,7-17,19,30H,4,6,18,20H2,(H,35,36)(H,37,38). The summed E-state index contributed by atoms with van der Waals surface area (Å²) < 4.78 is 37.4. The summed E-state index contributed by atoms with van der Waals surface area (Å²) in [6, 6.07) is 27.0. The van der Waals surface area contributed by atoms with Crippen molar-refractivity contribution in [3.8, 4) is 10.9 Å². The molecule has 0 saturated carbocycles. The number of hydrogen-bond donors (Lipinski definition) is 2. The Morgan fingerprint density at radius 3 is 2.41 bits per heavy atom. The number of hydrogen-bond acceptors (Lipinski definition) is 8. The van der Waals surface area contributed by atoms with Crippen LogP contribution in [0, 0.1) is 0 Å². The van der Waals surface area contributed by atoms with Crippen LogP contribution in [0.25, 0.3) is 10.2 Å². The lowest BCUT2D eigenvalue weighted by atomic mass is 10.1. The zero-order valence-electron chi connectivity index (χ0n) is 23.2. The number of amides is 1. The van der Waals surface area contributed by atoms with Gasteiger partial charge in [0.25, 0.3) is 17.3 Å². The number of fused-ring (bicyclic) bond motifs is 1. The molecule has 0 spiro atoms. The second-order valence-corrected chi connectivity index (χ2v) is 13.3. The van der Waals surface area contributed by atoms with Gasteiger partial charge in [-0.15, -0.1) is 0 Å². The van der Waals surface area contributed by atoms with Crippen LogP contribution in [0.1, 0.15) is 27.9 Å². The number of sulfone groups is 1. The minimum atomic E-state index is -3.44. The van der Waals surface area contributed by atoms with Crippen LogP contribution in [0.2, 0.25) is 5.02 Å². The Morgan fingerprint density at radius 1 is 0.932 bits per heavy atom. The summed E-state index contributed by atoms with van der Waals surface area (Å²) in [6.45, 7) is 0.180. The first-order valence-electron chi connectivity index (χ1n) is 13.5. The maximum absolute atomic E-state index is 12.9. The van der Waals surface area contributed by atoms with Gasteiger partial charge in [-0.05, 0) is 84.6 Å². The topological polar surface area (TPSA) is 132 Å². The summed E-state index contributed by atoms with van der Waals surface area (Å²) in [5.41, 5.74) is 2.65. The number of ether oxygens (including phenoxy) is 2. The molecule has 0 bridgehead atoms. The fourth-order valence-electron chi connectivity index (χ4n) is 4.30. The lowest BCUT2D eigenvalue weighted by Gasteiger charge is -2.17. The normalized spacial score (nSPS) is 12.0. The highest BCUT2D eigenvalue weighted by atomic mass is 35.5. The minimum Gasteiger partial charge on any atom is -0.477 e. The lowest BCUT2D eigenvalue weighted by Crippen LogP contribution is -2.45. The molecule has 4 aromatic carbocycles. The number of carbonyl (C=O) groups is 2.